The Kier molecular flexibility index (Phi) is 8.47. The van der Waals surface area contributed by atoms with Gasteiger partial charge in [-0.15, -0.1) is 24.0 Å². The van der Waals surface area contributed by atoms with Gasteiger partial charge in [0.15, 0.2) is 17.5 Å². The molecular weight excluding hydrogens is 436 g/mol. The number of aromatic hydroxyl groups is 1. The highest BCUT2D eigenvalue weighted by Gasteiger charge is 2.10. The van der Waals surface area contributed by atoms with E-state index in [-0.39, 0.29) is 29.7 Å². The predicted octanol–water partition coefficient (Wildman–Crippen LogP) is 3.37. The van der Waals surface area contributed by atoms with Crippen molar-refractivity contribution in [2.75, 3.05) is 21.2 Å². The highest BCUT2D eigenvalue weighted by Crippen LogP contribution is 2.19. The van der Waals surface area contributed by atoms with Crippen LogP contribution in [-0.2, 0) is 13.1 Å². The van der Waals surface area contributed by atoms with Gasteiger partial charge in [0.25, 0.3) is 0 Å². The number of guanidine groups is 1. The van der Waals surface area contributed by atoms with E-state index >= 15 is 0 Å². The van der Waals surface area contributed by atoms with E-state index in [0.717, 1.165) is 16.9 Å². The number of phenols is 1. The molecule has 2 N–H and O–H groups in total. The summed E-state index contributed by atoms with van der Waals surface area (Å²) in [5.74, 6) is 0.512. The first kappa shape index (κ1) is 21.0. The molecule has 0 radical (unpaired) electrons. The first-order chi connectivity index (χ1) is 11.5. The van der Waals surface area contributed by atoms with E-state index < -0.39 is 5.82 Å². The number of nitrogens with one attached hydrogen (secondary N) is 1. The first-order valence-corrected chi connectivity index (χ1v) is 7.56. The van der Waals surface area contributed by atoms with Crippen LogP contribution in [-0.4, -0.2) is 37.2 Å². The van der Waals surface area contributed by atoms with Crippen LogP contribution in [0.5, 0.6) is 11.5 Å². The van der Waals surface area contributed by atoms with Crippen LogP contribution in [0.4, 0.5) is 4.39 Å². The lowest BCUT2D eigenvalue weighted by Crippen LogP contribution is -2.38. The Bertz CT molecular complexity index is 725. The number of hydrogen-bond acceptors (Lipinski definition) is 3. The quantitative estimate of drug-likeness (QED) is 0.409. The molecule has 7 heteroatoms. The lowest BCUT2D eigenvalue weighted by molar-refractivity contribution is 0.396. The molecule has 0 bridgehead atoms. The zero-order chi connectivity index (χ0) is 17.5. The molecular formula is C18H23FIN3O2. The minimum atomic E-state index is -0.633. The van der Waals surface area contributed by atoms with E-state index in [2.05, 4.69) is 10.3 Å². The van der Waals surface area contributed by atoms with Crippen molar-refractivity contribution in [3.8, 4) is 11.5 Å². The van der Waals surface area contributed by atoms with Crippen LogP contribution in [0.1, 0.15) is 11.1 Å². The van der Waals surface area contributed by atoms with Gasteiger partial charge >= 0.3 is 0 Å². The van der Waals surface area contributed by atoms with E-state index in [4.69, 9.17) is 4.74 Å². The normalized spacial score (nSPS) is 10.8. The third-order valence-electron chi connectivity index (χ3n) is 3.64. The Morgan fingerprint density at radius 1 is 1.28 bits per heavy atom. The van der Waals surface area contributed by atoms with Crippen molar-refractivity contribution in [3.05, 3.63) is 59.4 Å². The maximum absolute atomic E-state index is 13.4. The summed E-state index contributed by atoms with van der Waals surface area (Å²) in [6, 6.07) is 12.1. The third kappa shape index (κ3) is 5.77. The molecule has 0 fully saturated rings. The molecule has 2 aromatic carbocycles. The van der Waals surface area contributed by atoms with Crippen LogP contribution in [0.25, 0.3) is 0 Å². The van der Waals surface area contributed by atoms with Crippen molar-refractivity contribution in [2.24, 2.45) is 4.99 Å². The number of halogens is 2. The molecule has 0 aliphatic heterocycles. The average molecular weight is 459 g/mol. The van der Waals surface area contributed by atoms with E-state index in [1.165, 1.54) is 12.1 Å². The van der Waals surface area contributed by atoms with Gasteiger partial charge in [0.05, 0.1) is 7.11 Å². The maximum Gasteiger partial charge on any atom is 0.193 e. The molecule has 0 saturated carbocycles. The Hall–Kier alpha value is -2.03. The summed E-state index contributed by atoms with van der Waals surface area (Å²) in [7, 11) is 5.25. The summed E-state index contributed by atoms with van der Waals surface area (Å²) in [6.07, 6.45) is 0. The molecule has 0 aromatic heterocycles. The van der Waals surface area contributed by atoms with Gasteiger partial charge in [0, 0.05) is 32.7 Å². The molecule has 0 aliphatic carbocycles. The Morgan fingerprint density at radius 3 is 2.64 bits per heavy atom. The van der Waals surface area contributed by atoms with E-state index in [1.54, 1.807) is 20.2 Å². The second-order valence-corrected chi connectivity index (χ2v) is 5.35. The summed E-state index contributed by atoms with van der Waals surface area (Å²) in [4.78, 5) is 6.20. The van der Waals surface area contributed by atoms with Gasteiger partial charge in [-0.05, 0) is 23.8 Å². The summed E-state index contributed by atoms with van der Waals surface area (Å²) >= 11 is 0. The van der Waals surface area contributed by atoms with E-state index in [0.29, 0.717) is 19.0 Å². The standard InChI is InChI=1S/C18H22FN3O2.HI/c1-20-18(21-11-13-8-9-16(23)15(19)10-13)22(2)12-14-6-4-5-7-17(14)24-3;/h4-10,23H,11-12H2,1-3H3,(H,20,21);1H. The number of aliphatic imine (C=N–C) groups is 1. The van der Waals surface area contributed by atoms with Crippen LogP contribution < -0.4 is 10.1 Å². The number of ether oxygens (including phenoxy) is 1. The molecule has 2 rings (SSSR count). The van der Waals surface area contributed by atoms with Crippen LogP contribution in [0.2, 0.25) is 0 Å². The minimum absolute atomic E-state index is 0. The number of nitrogens with zero attached hydrogens (tertiary/aromatic N) is 2. The number of benzene rings is 2. The Morgan fingerprint density at radius 2 is 2.00 bits per heavy atom. The van der Waals surface area contributed by atoms with Gasteiger partial charge in [-0.25, -0.2) is 4.39 Å². The van der Waals surface area contributed by atoms with Crippen molar-refractivity contribution in [3.63, 3.8) is 0 Å². The topological polar surface area (TPSA) is 57.1 Å². The smallest absolute Gasteiger partial charge is 0.193 e. The molecule has 136 valence electrons. The number of hydrogen-bond donors (Lipinski definition) is 2. The SMILES string of the molecule is CN=C(NCc1ccc(O)c(F)c1)N(C)Cc1ccccc1OC.I. The molecule has 0 saturated heterocycles. The van der Waals surface area contributed by atoms with Crippen molar-refractivity contribution in [1.29, 1.82) is 0 Å². The highest BCUT2D eigenvalue weighted by molar-refractivity contribution is 14.0. The predicted molar refractivity (Wildman–Crippen MR) is 108 cm³/mol. The summed E-state index contributed by atoms with van der Waals surface area (Å²) in [6.45, 7) is 1.02. The first-order valence-electron chi connectivity index (χ1n) is 7.56. The molecule has 0 amide bonds. The fourth-order valence-electron chi connectivity index (χ4n) is 2.39. The van der Waals surface area contributed by atoms with Crippen molar-refractivity contribution < 1.29 is 14.2 Å². The van der Waals surface area contributed by atoms with Crippen LogP contribution in [0.15, 0.2) is 47.5 Å². The van der Waals surface area contributed by atoms with Crippen LogP contribution in [0.3, 0.4) is 0 Å². The lowest BCUT2D eigenvalue weighted by Gasteiger charge is -2.23. The van der Waals surface area contributed by atoms with Crippen molar-refractivity contribution >= 4 is 29.9 Å². The van der Waals surface area contributed by atoms with Crippen molar-refractivity contribution in [2.45, 2.75) is 13.1 Å². The highest BCUT2D eigenvalue weighted by atomic mass is 127. The molecule has 0 atom stereocenters. The summed E-state index contributed by atoms with van der Waals surface area (Å²) in [5.41, 5.74) is 1.76. The fourth-order valence-corrected chi connectivity index (χ4v) is 2.39. The molecule has 0 spiro atoms. The van der Waals surface area contributed by atoms with E-state index in [1.807, 2.05) is 36.2 Å². The zero-order valence-corrected chi connectivity index (χ0v) is 16.8. The van der Waals surface area contributed by atoms with Gasteiger partial charge in [-0.1, -0.05) is 24.3 Å². The molecule has 2 aromatic rings. The summed E-state index contributed by atoms with van der Waals surface area (Å²) < 4.78 is 18.7. The number of rotatable bonds is 5. The number of phenolic OH excluding ortho intramolecular Hbond substituents is 1. The van der Waals surface area contributed by atoms with Crippen LogP contribution >= 0.6 is 24.0 Å². The second kappa shape index (κ2) is 10.1. The van der Waals surface area contributed by atoms with Gasteiger partial charge in [-0.3, -0.25) is 4.99 Å². The van der Waals surface area contributed by atoms with Crippen molar-refractivity contribution in [1.82, 2.24) is 10.2 Å². The monoisotopic (exact) mass is 459 g/mol. The Labute approximate surface area is 164 Å². The number of para-hydroxylation sites is 1. The molecule has 0 unspecified atom stereocenters. The average Bonchev–Trinajstić information content (AvgIpc) is 2.59. The van der Waals surface area contributed by atoms with Gasteiger partial charge < -0.3 is 20.1 Å². The maximum atomic E-state index is 13.4. The second-order valence-electron chi connectivity index (χ2n) is 5.35. The minimum Gasteiger partial charge on any atom is -0.505 e. The largest absolute Gasteiger partial charge is 0.505 e. The van der Waals surface area contributed by atoms with Gasteiger partial charge in [0.1, 0.15) is 5.75 Å². The molecule has 25 heavy (non-hydrogen) atoms. The molecule has 0 heterocycles. The Balaban J connectivity index is 0.00000312. The van der Waals surface area contributed by atoms with Gasteiger partial charge in [0.2, 0.25) is 0 Å². The lowest BCUT2D eigenvalue weighted by atomic mass is 10.2. The fraction of sp³-hybridized carbons (Fsp3) is 0.278. The van der Waals surface area contributed by atoms with E-state index in [9.17, 15) is 9.50 Å². The summed E-state index contributed by atoms with van der Waals surface area (Å²) in [5, 5.41) is 12.4. The molecule has 5 nitrogen and oxygen atoms in total. The van der Waals surface area contributed by atoms with Gasteiger partial charge in [-0.2, -0.15) is 0 Å². The molecule has 0 aliphatic rings. The van der Waals surface area contributed by atoms with Crippen LogP contribution in [0, 0.1) is 5.82 Å². The third-order valence-corrected chi connectivity index (χ3v) is 3.64. The number of methoxy groups -OCH3 is 1. The zero-order valence-electron chi connectivity index (χ0n) is 14.5.